The van der Waals surface area contributed by atoms with Gasteiger partial charge in [-0.1, -0.05) is 38.1 Å². The first-order valence-electron chi connectivity index (χ1n) is 6.75. The Bertz CT molecular complexity index is 425. The molecular weight excluding hydrogens is 242 g/mol. The minimum absolute atomic E-state index is 0.236. The van der Waals surface area contributed by atoms with Crippen LogP contribution in [0.25, 0.3) is 0 Å². The van der Waals surface area contributed by atoms with Crippen LogP contribution in [0.2, 0.25) is 0 Å². The van der Waals surface area contributed by atoms with Crippen molar-refractivity contribution in [1.29, 1.82) is 0 Å². The minimum atomic E-state index is -0.810. The number of hydrogen-bond donors (Lipinski definition) is 2. The molecular formula is C15H23NO3. The predicted octanol–water partition coefficient (Wildman–Crippen LogP) is 3.20. The number of benzene rings is 1. The molecule has 1 aromatic carbocycles. The summed E-state index contributed by atoms with van der Waals surface area (Å²) in [5.41, 5.74) is 0.532. The lowest BCUT2D eigenvalue weighted by atomic mass is 9.99. The third kappa shape index (κ3) is 3.96. The Morgan fingerprint density at radius 2 is 1.84 bits per heavy atom. The van der Waals surface area contributed by atoms with E-state index < -0.39 is 5.60 Å². The molecule has 4 heteroatoms. The van der Waals surface area contributed by atoms with Gasteiger partial charge in [0, 0.05) is 5.56 Å². The summed E-state index contributed by atoms with van der Waals surface area (Å²) in [7, 11) is 0. The highest BCUT2D eigenvalue weighted by molar-refractivity contribution is 6.02. The van der Waals surface area contributed by atoms with E-state index in [1.165, 1.54) is 0 Å². The number of hydrogen-bond acceptors (Lipinski definition) is 4. The van der Waals surface area contributed by atoms with Crippen molar-refractivity contribution in [2.24, 2.45) is 5.16 Å². The van der Waals surface area contributed by atoms with Crippen molar-refractivity contribution in [2.75, 3.05) is 6.61 Å². The van der Waals surface area contributed by atoms with Crippen LogP contribution in [-0.2, 0) is 0 Å². The van der Waals surface area contributed by atoms with Crippen molar-refractivity contribution in [1.82, 2.24) is 0 Å². The average molecular weight is 265 g/mol. The zero-order valence-electron chi connectivity index (χ0n) is 11.9. The van der Waals surface area contributed by atoms with E-state index >= 15 is 0 Å². The molecule has 1 aromatic rings. The Labute approximate surface area is 114 Å². The van der Waals surface area contributed by atoms with Crippen LogP contribution in [0, 0.1) is 0 Å². The summed E-state index contributed by atoms with van der Waals surface area (Å²) in [5, 5.41) is 22.5. The van der Waals surface area contributed by atoms with E-state index in [4.69, 9.17) is 9.94 Å². The number of nitrogens with zero attached hydrogens (tertiary/aromatic N) is 1. The summed E-state index contributed by atoms with van der Waals surface area (Å²) in [5.74, 6) is 0.637. The number of aliphatic hydroxyl groups is 1. The van der Waals surface area contributed by atoms with Gasteiger partial charge in [-0.3, -0.25) is 0 Å². The van der Waals surface area contributed by atoms with Gasteiger partial charge in [0.25, 0.3) is 0 Å². The molecule has 19 heavy (non-hydrogen) atoms. The van der Waals surface area contributed by atoms with Crippen LogP contribution in [0.3, 0.4) is 0 Å². The van der Waals surface area contributed by atoms with E-state index in [1.807, 2.05) is 45.0 Å². The van der Waals surface area contributed by atoms with Crippen LogP contribution >= 0.6 is 0 Å². The van der Waals surface area contributed by atoms with Gasteiger partial charge in [-0.25, -0.2) is 0 Å². The van der Waals surface area contributed by atoms with Gasteiger partial charge in [-0.2, -0.15) is 0 Å². The SMILES string of the molecule is CC/C(=N/O)c1ccccc1OCC(O)(CC)CC. The molecule has 0 aliphatic carbocycles. The Morgan fingerprint density at radius 3 is 2.37 bits per heavy atom. The van der Waals surface area contributed by atoms with Crippen molar-refractivity contribution in [3.05, 3.63) is 29.8 Å². The molecule has 0 spiro atoms. The number of oxime groups is 1. The first kappa shape index (κ1) is 15.5. The molecule has 2 N–H and O–H groups in total. The molecule has 0 heterocycles. The first-order chi connectivity index (χ1) is 9.10. The van der Waals surface area contributed by atoms with Gasteiger partial charge < -0.3 is 15.1 Å². The van der Waals surface area contributed by atoms with Gasteiger partial charge in [0.05, 0.1) is 11.3 Å². The molecule has 0 atom stereocenters. The zero-order valence-corrected chi connectivity index (χ0v) is 11.9. The zero-order chi connectivity index (χ0) is 14.3. The van der Waals surface area contributed by atoms with E-state index in [1.54, 1.807) is 0 Å². The van der Waals surface area contributed by atoms with Crippen LogP contribution in [0.1, 0.15) is 45.6 Å². The second-order valence-electron chi connectivity index (χ2n) is 4.62. The van der Waals surface area contributed by atoms with Crippen molar-refractivity contribution in [3.8, 4) is 5.75 Å². The Kier molecular flexibility index (Phi) is 5.83. The largest absolute Gasteiger partial charge is 0.490 e. The molecule has 0 aromatic heterocycles. The quantitative estimate of drug-likeness (QED) is 0.452. The van der Waals surface area contributed by atoms with Crippen molar-refractivity contribution in [3.63, 3.8) is 0 Å². The summed E-state index contributed by atoms with van der Waals surface area (Å²) >= 11 is 0. The molecule has 0 bridgehead atoms. The molecule has 0 aliphatic rings. The maximum absolute atomic E-state index is 10.2. The van der Waals surface area contributed by atoms with Crippen LogP contribution in [0.5, 0.6) is 5.75 Å². The summed E-state index contributed by atoms with van der Waals surface area (Å²) in [4.78, 5) is 0. The smallest absolute Gasteiger partial charge is 0.128 e. The molecule has 0 fully saturated rings. The fourth-order valence-corrected chi connectivity index (χ4v) is 1.81. The van der Waals surface area contributed by atoms with Crippen molar-refractivity contribution < 1.29 is 15.1 Å². The molecule has 0 amide bonds. The second-order valence-corrected chi connectivity index (χ2v) is 4.62. The highest BCUT2D eigenvalue weighted by Gasteiger charge is 2.23. The fraction of sp³-hybridized carbons (Fsp3) is 0.533. The van der Waals surface area contributed by atoms with E-state index in [9.17, 15) is 5.11 Å². The van der Waals surface area contributed by atoms with E-state index in [0.29, 0.717) is 30.7 Å². The van der Waals surface area contributed by atoms with E-state index in [2.05, 4.69) is 5.16 Å². The monoisotopic (exact) mass is 265 g/mol. The summed E-state index contributed by atoms with van der Waals surface area (Å²) in [6.07, 6.45) is 1.89. The summed E-state index contributed by atoms with van der Waals surface area (Å²) in [6.45, 7) is 6.02. The van der Waals surface area contributed by atoms with Crippen molar-refractivity contribution >= 4 is 5.71 Å². The maximum Gasteiger partial charge on any atom is 0.128 e. The molecule has 0 unspecified atom stereocenters. The summed E-state index contributed by atoms with van der Waals surface area (Å²) < 4.78 is 5.73. The highest BCUT2D eigenvalue weighted by atomic mass is 16.5. The number of ether oxygens (including phenoxy) is 1. The third-order valence-corrected chi connectivity index (χ3v) is 3.47. The summed E-state index contributed by atoms with van der Waals surface area (Å²) in [6, 6.07) is 7.40. The van der Waals surface area contributed by atoms with Crippen LogP contribution < -0.4 is 4.74 Å². The Hall–Kier alpha value is -1.55. The topological polar surface area (TPSA) is 62.1 Å². The maximum atomic E-state index is 10.2. The third-order valence-electron chi connectivity index (χ3n) is 3.47. The number of rotatable bonds is 7. The van der Waals surface area contributed by atoms with Crippen molar-refractivity contribution in [2.45, 2.75) is 45.6 Å². The van der Waals surface area contributed by atoms with Crippen LogP contribution in [0.4, 0.5) is 0 Å². The first-order valence-corrected chi connectivity index (χ1v) is 6.75. The van der Waals surface area contributed by atoms with Gasteiger partial charge in [-0.15, -0.1) is 0 Å². The van der Waals surface area contributed by atoms with Gasteiger partial charge in [0.2, 0.25) is 0 Å². The van der Waals surface area contributed by atoms with Gasteiger partial charge in [0.15, 0.2) is 0 Å². The molecule has 4 nitrogen and oxygen atoms in total. The van der Waals surface area contributed by atoms with Crippen LogP contribution in [-0.4, -0.2) is 28.2 Å². The highest BCUT2D eigenvalue weighted by Crippen LogP contribution is 2.23. The molecule has 106 valence electrons. The fourth-order valence-electron chi connectivity index (χ4n) is 1.81. The van der Waals surface area contributed by atoms with E-state index in [-0.39, 0.29) is 6.61 Å². The molecule has 0 aliphatic heterocycles. The molecule has 0 saturated heterocycles. The lowest BCUT2D eigenvalue weighted by molar-refractivity contribution is -0.0114. The normalized spacial score (nSPS) is 12.5. The standard InChI is InChI=1S/C15H23NO3/c1-4-13(16-18)12-9-7-8-10-14(12)19-11-15(17,5-2)6-3/h7-10,17-18H,4-6,11H2,1-3H3/b16-13-. The van der Waals surface area contributed by atoms with Crippen LogP contribution in [0.15, 0.2) is 29.4 Å². The minimum Gasteiger partial charge on any atom is -0.490 e. The predicted molar refractivity (Wildman–Crippen MR) is 76.1 cm³/mol. The number of para-hydroxylation sites is 1. The molecule has 0 radical (unpaired) electrons. The Balaban J connectivity index is 2.90. The van der Waals surface area contributed by atoms with Gasteiger partial charge in [0.1, 0.15) is 12.4 Å². The Morgan fingerprint density at radius 1 is 1.21 bits per heavy atom. The lowest BCUT2D eigenvalue weighted by Crippen LogP contribution is -2.34. The molecule has 0 saturated carbocycles. The second kappa shape index (κ2) is 7.14. The van der Waals surface area contributed by atoms with Gasteiger partial charge >= 0.3 is 0 Å². The van der Waals surface area contributed by atoms with Gasteiger partial charge in [-0.05, 0) is 31.4 Å². The average Bonchev–Trinajstić information content (AvgIpc) is 2.47. The van der Waals surface area contributed by atoms with E-state index in [0.717, 1.165) is 5.56 Å². The molecule has 1 rings (SSSR count). The lowest BCUT2D eigenvalue weighted by Gasteiger charge is -2.25.